The number of halogens is 1. The molecule has 1 aliphatic rings. The summed E-state index contributed by atoms with van der Waals surface area (Å²) in [5.74, 6) is -1.06. The van der Waals surface area contributed by atoms with Crippen molar-refractivity contribution in [1.82, 2.24) is 10.2 Å². The van der Waals surface area contributed by atoms with E-state index < -0.39 is 31.2 Å². The monoisotopic (exact) mass is 731 g/mol. The van der Waals surface area contributed by atoms with Crippen molar-refractivity contribution in [2.24, 2.45) is 5.41 Å². The summed E-state index contributed by atoms with van der Waals surface area (Å²) in [6, 6.07) is 21.2. The van der Waals surface area contributed by atoms with Gasteiger partial charge >= 0.3 is 7.82 Å². The topological polar surface area (TPSA) is 136 Å². The molecule has 2 unspecified atom stereocenters. The molecular weight excluding hydrogens is 696 g/mol. The summed E-state index contributed by atoms with van der Waals surface area (Å²) in [6.07, 6.45) is 3.96. The molecule has 0 radical (unpaired) electrons. The molecule has 10 nitrogen and oxygen atoms in total. The number of nitrogens with zero attached hydrogens (tertiary/aromatic N) is 2. The van der Waals surface area contributed by atoms with Gasteiger partial charge in [-0.2, -0.15) is 0 Å². The lowest BCUT2D eigenvalue weighted by molar-refractivity contribution is -0.142. The molecule has 1 fully saturated rings. The van der Waals surface area contributed by atoms with Gasteiger partial charge in [-0.3, -0.25) is 29.1 Å². The van der Waals surface area contributed by atoms with Crippen molar-refractivity contribution < 1.29 is 33.3 Å². The number of phosphoric ester groups is 1. The zero-order valence-corrected chi connectivity index (χ0v) is 27.6. The third kappa shape index (κ3) is 8.78. The van der Waals surface area contributed by atoms with E-state index in [1.54, 1.807) is 9.80 Å². The molecule has 0 saturated carbocycles. The summed E-state index contributed by atoms with van der Waals surface area (Å²) in [7, 11) is -4.68. The Balaban J connectivity index is 1.52. The van der Waals surface area contributed by atoms with Gasteiger partial charge in [0.1, 0.15) is 17.8 Å². The quantitative estimate of drug-likeness (QED) is 0.147. The van der Waals surface area contributed by atoms with Crippen LogP contribution in [0.3, 0.4) is 0 Å². The SMILES string of the molecule is CC(C)(C)C(NC(=O)C=Cc1ccc(OP(=O)(O)O)cc1)C(=O)N1CCCC1C(=O)N(c1ccccc1)c1ccc(I)cc1. The molecular formula is C32H35IN3O7P. The second-order valence-corrected chi connectivity index (χ2v) is 13.9. The first-order valence-corrected chi connectivity index (χ1v) is 16.6. The maximum atomic E-state index is 14.2. The Kier molecular flexibility index (Phi) is 10.7. The second kappa shape index (κ2) is 14.1. The number of nitrogens with one attached hydrogen (secondary N) is 1. The number of anilines is 2. The van der Waals surface area contributed by atoms with Crippen LogP contribution in [0, 0.1) is 8.99 Å². The van der Waals surface area contributed by atoms with Crippen LogP contribution in [0.2, 0.25) is 0 Å². The van der Waals surface area contributed by atoms with Gasteiger partial charge in [0.2, 0.25) is 11.8 Å². The van der Waals surface area contributed by atoms with Crippen molar-refractivity contribution in [2.45, 2.75) is 45.7 Å². The zero-order valence-electron chi connectivity index (χ0n) is 24.6. The fraction of sp³-hybridized carbons (Fsp3) is 0.281. The van der Waals surface area contributed by atoms with Crippen molar-refractivity contribution in [3.8, 4) is 5.75 Å². The van der Waals surface area contributed by atoms with Gasteiger partial charge in [-0.15, -0.1) is 0 Å². The maximum Gasteiger partial charge on any atom is 0.524 e. The van der Waals surface area contributed by atoms with Gasteiger partial charge < -0.3 is 14.7 Å². The van der Waals surface area contributed by atoms with E-state index in [0.717, 1.165) is 3.57 Å². The molecule has 4 rings (SSSR count). The van der Waals surface area contributed by atoms with Crippen LogP contribution >= 0.6 is 30.4 Å². The number of hydrogen-bond donors (Lipinski definition) is 3. The Morgan fingerprint density at radius 3 is 2.20 bits per heavy atom. The molecule has 1 heterocycles. The summed E-state index contributed by atoms with van der Waals surface area (Å²) < 4.78 is 16.6. The molecule has 1 saturated heterocycles. The normalized spacial score (nSPS) is 16.0. The van der Waals surface area contributed by atoms with E-state index in [0.29, 0.717) is 36.3 Å². The molecule has 3 N–H and O–H groups in total. The summed E-state index contributed by atoms with van der Waals surface area (Å²) in [5, 5.41) is 2.83. The molecule has 12 heteroatoms. The van der Waals surface area contributed by atoms with Crippen LogP contribution in [-0.4, -0.2) is 51.0 Å². The van der Waals surface area contributed by atoms with Gasteiger partial charge in [-0.05, 0) is 101 Å². The van der Waals surface area contributed by atoms with Gasteiger partial charge in [0, 0.05) is 27.6 Å². The standard InChI is InChI=1S/C32H35IN3O7P/c1-32(2,3)29(34-28(37)20-13-22-11-18-26(19-12-22)43-44(40,41)42)31(39)35-21-7-10-27(35)30(38)36(24-8-5-4-6-9-24)25-16-14-23(33)15-17-25/h4-6,8-9,11-20,27,29H,7,10,21H2,1-3H3,(H,34,37)(H2,40,41,42). The Labute approximate surface area is 270 Å². The lowest BCUT2D eigenvalue weighted by Crippen LogP contribution is -2.57. The molecule has 2 atom stereocenters. The molecule has 0 aliphatic carbocycles. The van der Waals surface area contributed by atoms with Gasteiger partial charge in [-0.1, -0.05) is 51.1 Å². The van der Waals surface area contributed by atoms with Crippen molar-refractivity contribution >= 4 is 65.6 Å². The number of para-hydroxylation sites is 1. The highest BCUT2D eigenvalue weighted by molar-refractivity contribution is 14.1. The summed E-state index contributed by atoms with van der Waals surface area (Å²) in [6.45, 7) is 5.96. The minimum atomic E-state index is -4.68. The van der Waals surface area contributed by atoms with Gasteiger partial charge in [0.15, 0.2) is 0 Å². The molecule has 232 valence electrons. The average molecular weight is 732 g/mol. The highest BCUT2D eigenvalue weighted by atomic mass is 127. The largest absolute Gasteiger partial charge is 0.524 e. The predicted molar refractivity (Wildman–Crippen MR) is 177 cm³/mol. The Morgan fingerprint density at radius 2 is 1.61 bits per heavy atom. The van der Waals surface area contributed by atoms with E-state index in [4.69, 9.17) is 9.79 Å². The van der Waals surface area contributed by atoms with Crippen molar-refractivity contribution in [2.75, 3.05) is 11.4 Å². The van der Waals surface area contributed by atoms with E-state index in [-0.39, 0.29) is 17.6 Å². The molecule has 3 amide bonds. The summed E-state index contributed by atoms with van der Waals surface area (Å²) in [5.41, 5.74) is 1.32. The molecule has 0 spiro atoms. The third-order valence-corrected chi connectivity index (χ3v) is 8.24. The third-order valence-electron chi connectivity index (χ3n) is 7.07. The smallest absolute Gasteiger partial charge is 0.404 e. The number of carbonyl (C=O) groups is 3. The lowest BCUT2D eigenvalue weighted by Gasteiger charge is -2.36. The number of benzene rings is 3. The fourth-order valence-electron chi connectivity index (χ4n) is 4.96. The number of carbonyl (C=O) groups excluding carboxylic acids is 3. The van der Waals surface area contributed by atoms with Crippen molar-refractivity contribution in [3.63, 3.8) is 0 Å². The molecule has 1 aliphatic heterocycles. The van der Waals surface area contributed by atoms with Crippen LogP contribution in [0.1, 0.15) is 39.2 Å². The zero-order chi connectivity index (χ0) is 32.1. The van der Waals surface area contributed by atoms with Crippen molar-refractivity contribution in [3.05, 3.63) is 94.1 Å². The number of amides is 3. The first-order chi connectivity index (χ1) is 20.7. The number of rotatable bonds is 9. The first-order valence-electron chi connectivity index (χ1n) is 14.0. The number of likely N-dealkylation sites (tertiary alicyclic amines) is 1. The fourth-order valence-corrected chi connectivity index (χ4v) is 5.72. The van der Waals surface area contributed by atoms with Crippen LogP contribution in [0.15, 0.2) is 84.9 Å². The average Bonchev–Trinajstić information content (AvgIpc) is 3.46. The van der Waals surface area contributed by atoms with E-state index in [9.17, 15) is 18.9 Å². The van der Waals surface area contributed by atoms with Gasteiger partial charge in [-0.25, -0.2) is 4.57 Å². The van der Waals surface area contributed by atoms with Crippen LogP contribution in [0.4, 0.5) is 11.4 Å². The van der Waals surface area contributed by atoms with E-state index in [2.05, 4.69) is 32.4 Å². The van der Waals surface area contributed by atoms with Crippen LogP contribution in [0.5, 0.6) is 5.75 Å². The summed E-state index contributed by atoms with van der Waals surface area (Å²) in [4.78, 5) is 62.4. The molecule has 0 aromatic heterocycles. The van der Waals surface area contributed by atoms with E-state index in [1.165, 1.54) is 36.4 Å². The highest BCUT2D eigenvalue weighted by Gasteiger charge is 2.43. The van der Waals surface area contributed by atoms with Gasteiger partial charge in [0.25, 0.3) is 5.91 Å². The number of hydrogen-bond acceptors (Lipinski definition) is 5. The molecule has 3 aromatic rings. The van der Waals surface area contributed by atoms with Gasteiger partial charge in [0.05, 0.1) is 0 Å². The summed E-state index contributed by atoms with van der Waals surface area (Å²) >= 11 is 2.21. The van der Waals surface area contributed by atoms with E-state index in [1.807, 2.05) is 75.4 Å². The Bertz CT molecular complexity index is 1550. The molecule has 0 bridgehead atoms. The van der Waals surface area contributed by atoms with Crippen LogP contribution in [0.25, 0.3) is 6.08 Å². The second-order valence-electron chi connectivity index (χ2n) is 11.5. The predicted octanol–water partition coefficient (Wildman–Crippen LogP) is 5.66. The van der Waals surface area contributed by atoms with Crippen LogP contribution in [-0.2, 0) is 18.9 Å². The first kappa shape index (κ1) is 33.4. The molecule has 44 heavy (non-hydrogen) atoms. The van der Waals surface area contributed by atoms with E-state index >= 15 is 0 Å². The number of phosphoric acid groups is 1. The minimum absolute atomic E-state index is 0.0131. The highest BCUT2D eigenvalue weighted by Crippen LogP contribution is 2.37. The molecule has 3 aromatic carbocycles. The maximum absolute atomic E-state index is 14.2. The minimum Gasteiger partial charge on any atom is -0.404 e. The Morgan fingerprint density at radius 1 is 1.00 bits per heavy atom. The van der Waals surface area contributed by atoms with Crippen molar-refractivity contribution in [1.29, 1.82) is 0 Å². The Hall–Kier alpha value is -3.51. The lowest BCUT2D eigenvalue weighted by atomic mass is 9.85. The van der Waals surface area contributed by atoms with Crippen LogP contribution < -0.4 is 14.7 Å².